The molecule has 0 aliphatic heterocycles. The fourth-order valence-corrected chi connectivity index (χ4v) is 0. The third-order valence-electron chi connectivity index (χ3n) is 0. The summed E-state index contributed by atoms with van der Waals surface area (Å²) >= 11 is -6.10. The van der Waals surface area contributed by atoms with Crippen LogP contribution in [0, 0.1) is 0 Å². The van der Waals surface area contributed by atoms with E-state index in [-0.39, 0.29) is 67.1 Å². The maximum absolute atomic E-state index is 8.64. The summed E-state index contributed by atoms with van der Waals surface area (Å²) in [7, 11) is 0. The Morgan fingerprint density at radius 3 is 0.875 bits per heavy atom. The van der Waals surface area contributed by atoms with Crippen molar-refractivity contribution in [3.63, 3.8) is 0 Å². The van der Waals surface area contributed by atoms with Gasteiger partial charge in [-0.2, -0.15) is 0 Å². The Bertz CT molecular complexity index is 57.4. The van der Waals surface area contributed by atoms with E-state index in [1.807, 2.05) is 0 Å². The van der Waals surface area contributed by atoms with Crippen molar-refractivity contribution in [3.8, 4) is 0 Å². The summed E-state index contributed by atoms with van der Waals surface area (Å²) < 4.78 is 34.6. The molecule has 0 fully saturated rings. The predicted molar refractivity (Wildman–Crippen MR) is 6.44 cm³/mol. The van der Waals surface area contributed by atoms with E-state index in [1.165, 1.54) is 0 Å². The molecule has 0 radical (unpaired) electrons. The van der Waals surface area contributed by atoms with Crippen LogP contribution in [0.25, 0.3) is 0 Å². The first-order chi connectivity index (χ1) is 2.00. The van der Waals surface area contributed by atoms with E-state index in [0.29, 0.717) is 0 Å². The van der Waals surface area contributed by atoms with E-state index in [0.717, 1.165) is 0 Å². The molecule has 0 saturated heterocycles. The molecule has 0 bridgehead atoms. The first-order valence-corrected chi connectivity index (χ1v) is 4.90. The minimum atomic E-state index is -6.10. The average Bonchev–Trinajstić information content (AvgIpc) is 0.722. The van der Waals surface area contributed by atoms with Crippen LogP contribution in [0.2, 0.25) is 0 Å². The van der Waals surface area contributed by atoms with Crippen molar-refractivity contribution in [3.05, 3.63) is 0 Å². The zero-order valence-corrected chi connectivity index (χ0v) is 9.98. The molecule has 0 aliphatic carbocycles. The SMILES string of the molecule is [Ag+].[Ag+].[Ag+].[O]=[Sb]([O-])([O-])[O-]. The van der Waals surface area contributed by atoms with Crippen LogP contribution in [0.1, 0.15) is 0 Å². The van der Waals surface area contributed by atoms with Crippen molar-refractivity contribution < 1.29 is 80.3 Å². The summed E-state index contributed by atoms with van der Waals surface area (Å²) in [5, 5.41) is 0. The molecular formula is Ag3O4Sb. The molecule has 0 aromatic rings. The second-order valence-corrected chi connectivity index (χ2v) is 3.00. The van der Waals surface area contributed by atoms with Gasteiger partial charge in [0.05, 0.1) is 0 Å². The molecule has 0 aliphatic rings. The summed E-state index contributed by atoms with van der Waals surface area (Å²) in [6, 6.07) is 0. The van der Waals surface area contributed by atoms with E-state index in [4.69, 9.17) is 13.2 Å². The van der Waals surface area contributed by atoms with Crippen molar-refractivity contribution in [1.82, 2.24) is 0 Å². The van der Waals surface area contributed by atoms with Gasteiger partial charge in [-0.15, -0.1) is 0 Å². The van der Waals surface area contributed by atoms with Crippen LogP contribution in [0.5, 0.6) is 0 Å². The van der Waals surface area contributed by atoms with Crippen LogP contribution in [-0.2, 0) is 70.2 Å². The molecule has 0 amide bonds. The molecular weight excluding hydrogens is 509 g/mol. The first-order valence-electron chi connectivity index (χ1n) is 0.730. The molecule has 0 atom stereocenters. The van der Waals surface area contributed by atoms with E-state index in [9.17, 15) is 0 Å². The van der Waals surface area contributed by atoms with E-state index in [1.54, 1.807) is 0 Å². The Kier molecular flexibility index (Phi) is 27.2. The Morgan fingerprint density at radius 2 is 0.875 bits per heavy atom. The number of rotatable bonds is 0. The Balaban J connectivity index is -0.0000000267. The van der Waals surface area contributed by atoms with Gasteiger partial charge in [0.15, 0.2) is 0 Å². The zero-order chi connectivity index (χ0) is 4.50. The van der Waals surface area contributed by atoms with Crippen molar-refractivity contribution >= 4 is 20.1 Å². The quantitative estimate of drug-likeness (QED) is 0.311. The van der Waals surface area contributed by atoms with Crippen LogP contribution in [0.15, 0.2) is 0 Å². The third kappa shape index (κ3) is 70.3. The second kappa shape index (κ2) is 9.72. The Labute approximate surface area is 98.7 Å². The van der Waals surface area contributed by atoms with Crippen LogP contribution in [0.4, 0.5) is 0 Å². The van der Waals surface area contributed by atoms with E-state index in [2.05, 4.69) is 0 Å². The van der Waals surface area contributed by atoms with Crippen LogP contribution in [-0.4, -0.2) is 20.1 Å². The fraction of sp³-hybridized carbons (Fsp3) is 0. The summed E-state index contributed by atoms with van der Waals surface area (Å²) in [4.78, 5) is 0. The van der Waals surface area contributed by atoms with Gasteiger partial charge in [-0.3, -0.25) is 0 Å². The summed E-state index contributed by atoms with van der Waals surface area (Å²) in [5.74, 6) is 0. The van der Waals surface area contributed by atoms with Gasteiger partial charge in [0.1, 0.15) is 0 Å². The van der Waals surface area contributed by atoms with Crippen LogP contribution < -0.4 is 10.2 Å². The van der Waals surface area contributed by atoms with Crippen LogP contribution >= 0.6 is 0 Å². The molecule has 0 saturated carbocycles. The normalized spacial score (nSPS) is 7.38. The topological polar surface area (TPSA) is 86.2 Å². The average molecular weight is 509 g/mol. The molecule has 0 unspecified atom stereocenters. The molecule has 0 heterocycles. The van der Waals surface area contributed by atoms with Gasteiger partial charge in [0.25, 0.3) is 0 Å². The van der Waals surface area contributed by atoms with Gasteiger partial charge in [-0.25, -0.2) is 0 Å². The molecule has 0 N–H and O–H groups in total. The molecule has 0 spiro atoms. The zero-order valence-electron chi connectivity index (χ0n) is 2.98. The summed E-state index contributed by atoms with van der Waals surface area (Å²) in [6.07, 6.45) is 0. The summed E-state index contributed by atoms with van der Waals surface area (Å²) in [6.45, 7) is 0. The minimum absolute atomic E-state index is 0. The van der Waals surface area contributed by atoms with Crippen molar-refractivity contribution in [1.29, 1.82) is 0 Å². The van der Waals surface area contributed by atoms with Crippen molar-refractivity contribution in [2.45, 2.75) is 0 Å². The Morgan fingerprint density at radius 1 is 0.875 bits per heavy atom. The van der Waals surface area contributed by atoms with Gasteiger partial charge in [0, 0.05) is 0 Å². The monoisotopic (exact) mass is 506 g/mol. The van der Waals surface area contributed by atoms with E-state index < -0.39 is 20.1 Å². The van der Waals surface area contributed by atoms with Gasteiger partial charge >= 0.3 is 100 Å². The number of hydrogen-bond acceptors (Lipinski definition) is 4. The number of hydrogen-bond donors (Lipinski definition) is 0. The molecule has 8 heteroatoms. The van der Waals surface area contributed by atoms with Crippen molar-refractivity contribution in [2.24, 2.45) is 0 Å². The first kappa shape index (κ1) is 22.4. The predicted octanol–water partition coefficient (Wildman–Crippen LogP) is -4.07. The van der Waals surface area contributed by atoms with E-state index >= 15 is 0 Å². The maximum atomic E-state index is 8.64. The Hall–Kier alpha value is 2.72. The molecule has 0 aromatic carbocycles. The molecule has 8 heavy (non-hydrogen) atoms. The van der Waals surface area contributed by atoms with Crippen LogP contribution in [0.3, 0.4) is 0 Å². The molecule has 0 rings (SSSR count). The standard InChI is InChI=1S/3Ag.4O.Sb/q3*+1;;3*-1;. The summed E-state index contributed by atoms with van der Waals surface area (Å²) in [5.41, 5.74) is 0. The third-order valence-corrected chi connectivity index (χ3v) is 0. The fourth-order valence-electron chi connectivity index (χ4n) is 0. The second-order valence-electron chi connectivity index (χ2n) is 0.447. The van der Waals surface area contributed by atoms with Gasteiger partial charge in [0.2, 0.25) is 0 Å². The van der Waals surface area contributed by atoms with Gasteiger partial charge in [-0.05, 0) is 0 Å². The molecule has 0 aromatic heterocycles. The molecule has 4 nitrogen and oxygen atoms in total. The van der Waals surface area contributed by atoms with Crippen molar-refractivity contribution in [2.75, 3.05) is 0 Å². The van der Waals surface area contributed by atoms with Gasteiger partial charge < -0.3 is 0 Å². The molecule has 62 valence electrons. The van der Waals surface area contributed by atoms with Gasteiger partial charge in [-0.1, -0.05) is 0 Å².